The Kier molecular flexibility index (Phi) is 15.8. The van der Waals surface area contributed by atoms with E-state index in [0.29, 0.717) is 38.9 Å². The van der Waals surface area contributed by atoms with Gasteiger partial charge in [-0.05, 0) is 94.4 Å². The molecule has 0 aliphatic carbocycles. The molecular weight excluding hydrogens is 474 g/mol. The van der Waals surface area contributed by atoms with E-state index < -0.39 is 29.4 Å². The van der Waals surface area contributed by atoms with Crippen LogP contribution in [-0.4, -0.2) is 66.5 Å². The summed E-state index contributed by atoms with van der Waals surface area (Å²) in [4.78, 5) is 45.1. The molecule has 0 aliphatic rings. The number of carbonyl (C=O) groups excluding carboxylic acids is 3. The minimum Gasteiger partial charge on any atom is -0.444 e. The van der Waals surface area contributed by atoms with Crippen LogP contribution in [-0.2, 0) is 14.3 Å². The highest BCUT2D eigenvalue weighted by molar-refractivity contribution is 5.85. The van der Waals surface area contributed by atoms with E-state index in [9.17, 15) is 14.4 Å². The highest BCUT2D eigenvalue weighted by Crippen LogP contribution is 2.10. The van der Waals surface area contributed by atoms with E-state index in [2.05, 4.69) is 31.9 Å². The molecule has 0 fully saturated rings. The molecular formula is C27H51N5O5. The van der Waals surface area contributed by atoms with Crippen LogP contribution >= 0.6 is 0 Å². The first-order chi connectivity index (χ1) is 17.0. The van der Waals surface area contributed by atoms with Gasteiger partial charge in [0.05, 0.1) is 11.5 Å². The first-order valence-corrected chi connectivity index (χ1v) is 13.4. The Morgan fingerprint density at radius 2 is 1.27 bits per heavy atom. The summed E-state index contributed by atoms with van der Waals surface area (Å²) in [7, 11) is 0. The van der Waals surface area contributed by atoms with Gasteiger partial charge in [0, 0.05) is 19.6 Å². The Morgan fingerprint density at radius 1 is 0.730 bits per heavy atom. The van der Waals surface area contributed by atoms with Crippen molar-refractivity contribution < 1.29 is 23.9 Å². The van der Waals surface area contributed by atoms with Gasteiger partial charge in [0.2, 0.25) is 5.91 Å². The van der Waals surface area contributed by atoms with E-state index in [1.54, 1.807) is 41.5 Å². The minimum atomic E-state index is -0.715. The monoisotopic (exact) mass is 525 g/mol. The first kappa shape index (κ1) is 34.4. The van der Waals surface area contributed by atoms with Gasteiger partial charge in [-0.15, -0.1) is 0 Å². The summed E-state index contributed by atoms with van der Waals surface area (Å²) >= 11 is 0. The Hall–Kier alpha value is -2.61. The van der Waals surface area contributed by atoms with E-state index in [4.69, 9.17) is 9.47 Å². The van der Waals surface area contributed by atoms with Gasteiger partial charge >= 0.3 is 12.2 Å². The SMILES string of the molecule is CC(C)(C)N=C=NCCCCCCNC(=O)[C@@H](CCCCNC(=O)OC(C)(C)C)NC(=O)OC(C)(C)C. The molecule has 0 aromatic rings. The summed E-state index contributed by atoms with van der Waals surface area (Å²) in [5, 5.41) is 8.30. The lowest BCUT2D eigenvalue weighted by molar-refractivity contribution is -0.123. The van der Waals surface area contributed by atoms with Crippen LogP contribution in [0.5, 0.6) is 0 Å². The molecule has 0 aromatic heterocycles. The average molecular weight is 526 g/mol. The molecule has 0 unspecified atom stereocenters. The van der Waals surface area contributed by atoms with Crippen molar-refractivity contribution in [3.63, 3.8) is 0 Å². The lowest BCUT2D eigenvalue weighted by Gasteiger charge is -2.23. The van der Waals surface area contributed by atoms with E-state index in [-0.39, 0.29) is 11.4 Å². The van der Waals surface area contributed by atoms with Gasteiger partial charge in [0.15, 0.2) is 0 Å². The predicted molar refractivity (Wildman–Crippen MR) is 147 cm³/mol. The molecule has 1 atom stereocenters. The maximum Gasteiger partial charge on any atom is 0.408 e. The van der Waals surface area contributed by atoms with E-state index >= 15 is 0 Å². The fourth-order valence-electron chi connectivity index (χ4n) is 2.94. The van der Waals surface area contributed by atoms with Gasteiger partial charge in [-0.2, -0.15) is 0 Å². The summed E-state index contributed by atoms with van der Waals surface area (Å²) in [5.41, 5.74) is -1.38. The Morgan fingerprint density at radius 3 is 1.86 bits per heavy atom. The van der Waals surface area contributed by atoms with E-state index in [1.807, 2.05) is 20.8 Å². The molecule has 0 saturated carbocycles. The fourth-order valence-corrected chi connectivity index (χ4v) is 2.94. The predicted octanol–water partition coefficient (Wildman–Crippen LogP) is 5.22. The number of hydrogen-bond acceptors (Lipinski definition) is 7. The highest BCUT2D eigenvalue weighted by atomic mass is 16.6. The topological polar surface area (TPSA) is 130 Å². The average Bonchev–Trinajstić information content (AvgIpc) is 2.70. The minimum absolute atomic E-state index is 0.158. The van der Waals surface area contributed by atoms with Gasteiger partial charge in [-0.1, -0.05) is 12.8 Å². The molecule has 37 heavy (non-hydrogen) atoms. The Balaban J connectivity index is 4.46. The molecule has 0 radical (unpaired) electrons. The molecule has 0 spiro atoms. The molecule has 0 rings (SSSR count). The lowest BCUT2D eigenvalue weighted by atomic mass is 10.1. The van der Waals surface area contributed by atoms with Gasteiger partial charge < -0.3 is 25.4 Å². The molecule has 10 heteroatoms. The number of hydrogen-bond donors (Lipinski definition) is 3. The van der Waals surface area contributed by atoms with Crippen molar-refractivity contribution in [1.82, 2.24) is 16.0 Å². The molecule has 0 heterocycles. The maximum absolute atomic E-state index is 12.8. The molecule has 0 saturated heterocycles. The first-order valence-electron chi connectivity index (χ1n) is 13.4. The second kappa shape index (κ2) is 17.0. The van der Waals surface area contributed by atoms with Crippen molar-refractivity contribution in [2.75, 3.05) is 19.6 Å². The van der Waals surface area contributed by atoms with Crippen molar-refractivity contribution in [1.29, 1.82) is 0 Å². The Labute approximate surface area is 223 Å². The van der Waals surface area contributed by atoms with Crippen LogP contribution in [0.4, 0.5) is 9.59 Å². The number of nitrogens with one attached hydrogen (secondary N) is 3. The zero-order valence-corrected chi connectivity index (χ0v) is 24.6. The van der Waals surface area contributed by atoms with E-state index in [1.165, 1.54) is 0 Å². The number of amides is 3. The smallest absolute Gasteiger partial charge is 0.408 e. The molecule has 10 nitrogen and oxygen atoms in total. The van der Waals surface area contributed by atoms with Crippen LogP contribution in [0.25, 0.3) is 0 Å². The van der Waals surface area contributed by atoms with Crippen LogP contribution in [0.3, 0.4) is 0 Å². The maximum atomic E-state index is 12.8. The summed E-state index contributed by atoms with van der Waals surface area (Å²) < 4.78 is 10.5. The second-order valence-corrected chi connectivity index (χ2v) is 12.1. The number of alkyl carbamates (subject to hydrolysis) is 2. The number of ether oxygens (including phenoxy) is 2. The molecule has 0 bridgehead atoms. The number of rotatable bonds is 14. The summed E-state index contributed by atoms with van der Waals surface area (Å²) in [6.45, 7) is 18.4. The zero-order chi connectivity index (χ0) is 28.5. The number of unbranched alkanes of at least 4 members (excludes halogenated alkanes) is 4. The zero-order valence-electron chi connectivity index (χ0n) is 24.6. The largest absolute Gasteiger partial charge is 0.444 e. The third-order valence-corrected chi connectivity index (χ3v) is 4.55. The summed E-state index contributed by atoms with van der Waals surface area (Å²) in [5.74, 6) is -0.242. The van der Waals surface area contributed by atoms with Crippen LogP contribution in [0.1, 0.15) is 107 Å². The van der Waals surface area contributed by atoms with Crippen LogP contribution < -0.4 is 16.0 Å². The molecule has 3 N–H and O–H groups in total. The quantitative estimate of drug-likeness (QED) is 0.211. The van der Waals surface area contributed by atoms with Crippen molar-refractivity contribution in [3.8, 4) is 0 Å². The second-order valence-electron chi connectivity index (χ2n) is 12.1. The van der Waals surface area contributed by atoms with Gasteiger partial charge in [0.1, 0.15) is 17.2 Å². The van der Waals surface area contributed by atoms with Crippen LogP contribution in [0.2, 0.25) is 0 Å². The summed E-state index contributed by atoms with van der Waals surface area (Å²) in [6, 6.07) is 2.03. The normalized spacial score (nSPS) is 12.6. The third-order valence-electron chi connectivity index (χ3n) is 4.55. The summed E-state index contributed by atoms with van der Waals surface area (Å²) in [6.07, 6.45) is 4.34. The standard InChI is InChI=1S/C27H51N5O5/c1-25(2,3)31-20-28-17-13-10-11-14-18-29-22(33)21(32-24(35)37-27(7,8)9)16-12-15-19-30-23(34)36-26(4,5)6/h21H,10-19H2,1-9H3,(H,29,33)(H,30,34)(H,32,35)/t21-/m1/s1. The van der Waals surface area contributed by atoms with E-state index in [0.717, 1.165) is 25.7 Å². The van der Waals surface area contributed by atoms with Crippen LogP contribution in [0, 0.1) is 0 Å². The number of carbonyl (C=O) groups is 3. The highest BCUT2D eigenvalue weighted by Gasteiger charge is 2.24. The molecule has 0 aliphatic heterocycles. The van der Waals surface area contributed by atoms with Crippen LogP contribution in [0.15, 0.2) is 9.98 Å². The fraction of sp³-hybridized carbons (Fsp3) is 0.852. The lowest BCUT2D eigenvalue weighted by Crippen LogP contribution is -2.48. The molecule has 0 aromatic carbocycles. The van der Waals surface area contributed by atoms with Gasteiger partial charge in [0.25, 0.3) is 0 Å². The third kappa shape index (κ3) is 23.5. The van der Waals surface area contributed by atoms with Crippen molar-refractivity contribution in [2.45, 2.75) is 130 Å². The van der Waals surface area contributed by atoms with Crippen molar-refractivity contribution in [3.05, 3.63) is 0 Å². The van der Waals surface area contributed by atoms with Crippen molar-refractivity contribution >= 4 is 24.1 Å². The Bertz CT molecular complexity index is 757. The molecule has 214 valence electrons. The number of nitrogens with zero attached hydrogens (tertiary/aromatic N) is 2. The number of aliphatic imine (C=N–C) groups is 2. The van der Waals surface area contributed by atoms with Gasteiger partial charge in [-0.3, -0.25) is 4.79 Å². The molecule has 3 amide bonds. The van der Waals surface area contributed by atoms with Crippen molar-refractivity contribution in [2.24, 2.45) is 9.98 Å². The van der Waals surface area contributed by atoms with Gasteiger partial charge in [-0.25, -0.2) is 19.6 Å².